The molecule has 2 aromatic carbocycles. The van der Waals surface area contributed by atoms with Crippen LogP contribution in [0.25, 0.3) is 0 Å². The molecule has 0 aliphatic carbocycles. The molecule has 0 saturated carbocycles. The molecule has 1 aliphatic heterocycles. The number of amides is 3. The molecule has 0 bridgehead atoms. The summed E-state index contributed by atoms with van der Waals surface area (Å²) in [4.78, 5) is 24.6. The van der Waals surface area contributed by atoms with Crippen LogP contribution >= 0.6 is 0 Å². The highest BCUT2D eigenvalue weighted by atomic mass is 19.4. The van der Waals surface area contributed by atoms with Crippen molar-refractivity contribution in [1.29, 1.82) is 0 Å². The number of benzene rings is 2. The van der Waals surface area contributed by atoms with E-state index < -0.39 is 12.4 Å². The summed E-state index contributed by atoms with van der Waals surface area (Å²) in [7, 11) is 0. The molecule has 0 aromatic heterocycles. The summed E-state index contributed by atoms with van der Waals surface area (Å²) < 4.78 is 46.4. The minimum atomic E-state index is -4.78. The molecule has 142 valence electrons. The summed E-state index contributed by atoms with van der Waals surface area (Å²) in [6.45, 7) is 2.03. The summed E-state index contributed by atoms with van der Waals surface area (Å²) in [5, 5.41) is 2.25. The van der Waals surface area contributed by atoms with Gasteiger partial charge in [0, 0.05) is 24.7 Å². The number of halogens is 3. The zero-order valence-electron chi connectivity index (χ0n) is 14.2. The third kappa shape index (κ3) is 4.69. The van der Waals surface area contributed by atoms with Gasteiger partial charge in [-0.1, -0.05) is 6.07 Å². The van der Waals surface area contributed by atoms with Crippen molar-refractivity contribution in [2.45, 2.75) is 19.7 Å². The third-order valence-electron chi connectivity index (χ3n) is 3.79. The molecule has 1 N–H and O–H groups in total. The van der Waals surface area contributed by atoms with Crippen molar-refractivity contribution in [2.24, 2.45) is 0 Å². The quantitative estimate of drug-likeness (QED) is 0.866. The molecule has 0 unspecified atom stereocenters. The van der Waals surface area contributed by atoms with Crippen LogP contribution in [0.2, 0.25) is 0 Å². The van der Waals surface area contributed by atoms with Crippen molar-refractivity contribution in [3.05, 3.63) is 48.0 Å². The molecule has 1 saturated heterocycles. The van der Waals surface area contributed by atoms with E-state index >= 15 is 0 Å². The fraction of sp³-hybridized carbons (Fsp3) is 0.222. The molecule has 6 nitrogen and oxygen atoms in total. The van der Waals surface area contributed by atoms with Gasteiger partial charge < -0.3 is 9.47 Å². The van der Waals surface area contributed by atoms with Gasteiger partial charge in [0.25, 0.3) is 0 Å². The molecule has 2 aromatic rings. The molecule has 3 rings (SSSR count). The van der Waals surface area contributed by atoms with Crippen LogP contribution in [0.3, 0.4) is 0 Å². The average Bonchev–Trinajstić information content (AvgIpc) is 2.55. The first-order chi connectivity index (χ1) is 12.7. The predicted octanol–water partition coefficient (Wildman–Crippen LogP) is 4.13. The number of carbonyl (C=O) groups is 2. The molecule has 0 radical (unpaired) electrons. The van der Waals surface area contributed by atoms with Crippen molar-refractivity contribution in [3.8, 4) is 17.2 Å². The third-order valence-corrected chi connectivity index (χ3v) is 3.79. The number of hydrogen-bond acceptors (Lipinski definition) is 4. The second-order valence-electron chi connectivity index (χ2n) is 5.83. The SMILES string of the molecule is Cc1cc(Oc2cccc(OC(F)(F)F)c2)ccc1N1CCC(=O)NC1=O. The van der Waals surface area contributed by atoms with E-state index in [1.165, 1.54) is 23.1 Å². The Morgan fingerprint density at radius 2 is 1.74 bits per heavy atom. The summed E-state index contributed by atoms with van der Waals surface area (Å²) >= 11 is 0. The van der Waals surface area contributed by atoms with Crippen molar-refractivity contribution >= 4 is 17.6 Å². The molecule has 1 fully saturated rings. The highest BCUT2D eigenvalue weighted by Crippen LogP contribution is 2.31. The van der Waals surface area contributed by atoms with E-state index in [-0.39, 0.29) is 30.4 Å². The van der Waals surface area contributed by atoms with Crippen LogP contribution in [-0.2, 0) is 4.79 Å². The van der Waals surface area contributed by atoms with Crippen LogP contribution in [-0.4, -0.2) is 24.8 Å². The molecule has 27 heavy (non-hydrogen) atoms. The van der Waals surface area contributed by atoms with Gasteiger partial charge in [0.15, 0.2) is 0 Å². The van der Waals surface area contributed by atoms with E-state index in [0.29, 0.717) is 17.0 Å². The number of alkyl halides is 3. The van der Waals surface area contributed by atoms with Crippen LogP contribution in [0.15, 0.2) is 42.5 Å². The van der Waals surface area contributed by atoms with Crippen LogP contribution in [0.1, 0.15) is 12.0 Å². The average molecular weight is 380 g/mol. The lowest BCUT2D eigenvalue weighted by Gasteiger charge is -2.28. The number of hydrogen-bond donors (Lipinski definition) is 1. The van der Waals surface area contributed by atoms with Crippen molar-refractivity contribution in [2.75, 3.05) is 11.4 Å². The van der Waals surface area contributed by atoms with Crippen LogP contribution < -0.4 is 19.7 Å². The Morgan fingerprint density at radius 1 is 1.04 bits per heavy atom. The maximum Gasteiger partial charge on any atom is 0.573 e. The zero-order chi connectivity index (χ0) is 19.6. The monoisotopic (exact) mass is 380 g/mol. The Labute approximate surface area is 152 Å². The summed E-state index contributed by atoms with van der Waals surface area (Å²) in [6.07, 6.45) is -4.58. The second-order valence-corrected chi connectivity index (χ2v) is 5.83. The second kappa shape index (κ2) is 7.18. The van der Waals surface area contributed by atoms with Crippen molar-refractivity contribution in [3.63, 3.8) is 0 Å². The Kier molecular flexibility index (Phi) is 4.93. The molecule has 1 aliphatic rings. The highest BCUT2D eigenvalue weighted by molar-refractivity contribution is 6.05. The first kappa shape index (κ1) is 18.6. The van der Waals surface area contributed by atoms with Crippen LogP contribution in [0.5, 0.6) is 17.2 Å². The van der Waals surface area contributed by atoms with Gasteiger partial charge in [-0.25, -0.2) is 4.79 Å². The van der Waals surface area contributed by atoms with Crippen molar-refractivity contribution < 1.29 is 32.2 Å². The lowest BCUT2D eigenvalue weighted by molar-refractivity contribution is -0.274. The number of aryl methyl sites for hydroxylation is 1. The Bertz CT molecular complexity index is 883. The molecule has 0 spiro atoms. The van der Waals surface area contributed by atoms with Crippen LogP contribution in [0, 0.1) is 6.92 Å². The van der Waals surface area contributed by atoms with Gasteiger partial charge in [0.1, 0.15) is 17.2 Å². The van der Waals surface area contributed by atoms with E-state index in [4.69, 9.17) is 4.74 Å². The summed E-state index contributed by atoms with van der Waals surface area (Å²) in [5.74, 6) is -0.156. The largest absolute Gasteiger partial charge is 0.573 e. The molecule has 1 heterocycles. The van der Waals surface area contributed by atoms with Gasteiger partial charge in [-0.05, 0) is 42.8 Å². The Balaban J connectivity index is 1.76. The number of nitrogens with one attached hydrogen (secondary N) is 1. The van der Waals surface area contributed by atoms with E-state index in [0.717, 1.165) is 6.07 Å². The minimum Gasteiger partial charge on any atom is -0.457 e. The van der Waals surface area contributed by atoms with Gasteiger partial charge in [-0.15, -0.1) is 13.2 Å². The number of imide groups is 1. The zero-order valence-corrected chi connectivity index (χ0v) is 14.2. The molecular formula is C18H15F3N2O4. The Morgan fingerprint density at radius 3 is 2.41 bits per heavy atom. The van der Waals surface area contributed by atoms with Gasteiger partial charge in [0.05, 0.1) is 0 Å². The van der Waals surface area contributed by atoms with E-state index in [9.17, 15) is 22.8 Å². The van der Waals surface area contributed by atoms with Crippen LogP contribution in [0.4, 0.5) is 23.7 Å². The molecule has 3 amide bonds. The smallest absolute Gasteiger partial charge is 0.457 e. The number of nitrogens with zero attached hydrogens (tertiary/aromatic N) is 1. The number of carbonyl (C=O) groups excluding carboxylic acids is 2. The summed E-state index contributed by atoms with van der Waals surface area (Å²) in [5.41, 5.74) is 1.32. The van der Waals surface area contributed by atoms with E-state index in [2.05, 4.69) is 10.1 Å². The topological polar surface area (TPSA) is 67.9 Å². The van der Waals surface area contributed by atoms with Gasteiger partial charge >= 0.3 is 12.4 Å². The highest BCUT2D eigenvalue weighted by Gasteiger charge is 2.31. The number of urea groups is 1. The first-order valence-electron chi connectivity index (χ1n) is 7.97. The number of rotatable bonds is 4. The van der Waals surface area contributed by atoms with Crippen molar-refractivity contribution in [1.82, 2.24) is 5.32 Å². The van der Waals surface area contributed by atoms with Gasteiger partial charge in [-0.2, -0.15) is 0 Å². The fourth-order valence-electron chi connectivity index (χ4n) is 2.66. The van der Waals surface area contributed by atoms with E-state index in [1.807, 2.05) is 0 Å². The van der Waals surface area contributed by atoms with E-state index in [1.54, 1.807) is 25.1 Å². The van der Waals surface area contributed by atoms with Gasteiger partial charge in [0.2, 0.25) is 5.91 Å². The maximum absolute atomic E-state index is 12.3. The summed E-state index contributed by atoms with van der Waals surface area (Å²) in [6, 6.07) is 9.56. The molecular weight excluding hydrogens is 365 g/mol. The lowest BCUT2D eigenvalue weighted by Crippen LogP contribution is -2.49. The fourth-order valence-corrected chi connectivity index (χ4v) is 2.66. The normalized spacial score (nSPS) is 14.7. The Hall–Kier alpha value is -3.23. The van der Waals surface area contributed by atoms with Gasteiger partial charge in [-0.3, -0.25) is 15.0 Å². The standard InChI is InChI=1S/C18H15F3N2O4/c1-11-9-13(5-6-15(11)23-8-7-16(24)22-17(23)25)26-12-3-2-4-14(10-12)27-18(19,20)21/h2-6,9-10H,7-8H2,1H3,(H,22,24,25). The minimum absolute atomic E-state index is 0.171. The molecule has 9 heteroatoms. The number of anilines is 1. The lowest BCUT2D eigenvalue weighted by atomic mass is 10.1. The first-order valence-corrected chi connectivity index (χ1v) is 7.97. The maximum atomic E-state index is 12.3. The number of ether oxygens (including phenoxy) is 2. The predicted molar refractivity (Wildman–Crippen MR) is 89.9 cm³/mol. The molecule has 0 atom stereocenters.